The quantitative estimate of drug-likeness (QED) is 0.409. The predicted molar refractivity (Wildman–Crippen MR) is 113 cm³/mol. The number of benzene rings is 1. The molecule has 10 nitrogen and oxygen atoms in total. The van der Waals surface area contributed by atoms with E-state index in [9.17, 15) is 19.7 Å². The third-order valence-electron chi connectivity index (χ3n) is 5.20. The fourth-order valence-electron chi connectivity index (χ4n) is 3.21. The van der Waals surface area contributed by atoms with Gasteiger partial charge in [0.15, 0.2) is 0 Å². The van der Waals surface area contributed by atoms with Crippen LogP contribution in [0.15, 0.2) is 36.7 Å². The van der Waals surface area contributed by atoms with Crippen LogP contribution in [-0.4, -0.2) is 51.1 Å². The Morgan fingerprint density at radius 1 is 1.23 bits per heavy atom. The van der Waals surface area contributed by atoms with Gasteiger partial charge in [-0.1, -0.05) is 32.9 Å². The number of nitro benzene ring substituents is 1. The van der Waals surface area contributed by atoms with Crippen molar-refractivity contribution in [1.29, 1.82) is 0 Å². The molecular formula is C21H25N5O5. The van der Waals surface area contributed by atoms with Gasteiger partial charge < -0.3 is 9.64 Å². The molecule has 1 saturated heterocycles. The molecule has 1 aliphatic heterocycles. The number of nitro groups is 1. The molecule has 10 heteroatoms. The molecule has 0 spiro atoms. The molecule has 2 unspecified atom stereocenters. The first kappa shape index (κ1) is 22.1. The summed E-state index contributed by atoms with van der Waals surface area (Å²) >= 11 is 0. The number of aromatic nitrogens is 2. The molecule has 2 heterocycles. The van der Waals surface area contributed by atoms with Crippen LogP contribution < -0.4 is 4.90 Å². The lowest BCUT2D eigenvalue weighted by molar-refractivity contribution is -0.384. The lowest BCUT2D eigenvalue weighted by Gasteiger charge is -2.25. The van der Waals surface area contributed by atoms with Gasteiger partial charge in [0.2, 0.25) is 6.23 Å². The highest BCUT2D eigenvalue weighted by Gasteiger charge is 2.45. The van der Waals surface area contributed by atoms with E-state index in [1.165, 1.54) is 40.4 Å². The van der Waals surface area contributed by atoms with Gasteiger partial charge in [-0.15, -0.1) is 0 Å². The molecule has 164 valence electrons. The van der Waals surface area contributed by atoms with E-state index in [1.807, 2.05) is 20.8 Å². The first-order chi connectivity index (χ1) is 14.5. The smallest absolute Gasteiger partial charge is 0.328 e. The number of hydrogen-bond acceptors (Lipinski definition) is 7. The molecule has 1 aromatic heterocycles. The van der Waals surface area contributed by atoms with Crippen LogP contribution >= 0.6 is 0 Å². The third kappa shape index (κ3) is 4.62. The zero-order chi connectivity index (χ0) is 22.9. The zero-order valence-electron chi connectivity index (χ0n) is 18.1. The van der Waals surface area contributed by atoms with Gasteiger partial charge in [-0.05, 0) is 12.5 Å². The minimum absolute atomic E-state index is 0.0571. The summed E-state index contributed by atoms with van der Waals surface area (Å²) in [5.41, 5.74) is 1.02. The second kappa shape index (κ2) is 8.29. The van der Waals surface area contributed by atoms with Crippen LogP contribution in [0.3, 0.4) is 0 Å². The highest BCUT2D eigenvalue weighted by atomic mass is 16.6. The summed E-state index contributed by atoms with van der Waals surface area (Å²) in [5, 5.41) is 10.8. The Balaban J connectivity index is 1.81. The Hall–Kier alpha value is -3.56. The van der Waals surface area contributed by atoms with Gasteiger partial charge in [-0.25, -0.2) is 19.7 Å². The van der Waals surface area contributed by atoms with Gasteiger partial charge in [-0.3, -0.25) is 14.9 Å². The van der Waals surface area contributed by atoms with E-state index in [0.29, 0.717) is 11.4 Å². The molecule has 1 aliphatic rings. The fourth-order valence-corrected chi connectivity index (χ4v) is 3.21. The largest absolute Gasteiger partial charge is 0.438 e. The Kier molecular flexibility index (Phi) is 5.92. The SMILES string of the molecule is CC1C(OC(=O)Cc2ccc([N+](=O)[O-])cc2)N(c2cc(C(C)(C)C)ncn2)C(=O)N1C. The Morgan fingerprint density at radius 3 is 2.45 bits per heavy atom. The Bertz CT molecular complexity index is 1000. The highest BCUT2D eigenvalue weighted by Crippen LogP contribution is 2.30. The number of nitrogens with zero attached hydrogens (tertiary/aromatic N) is 5. The Labute approximate surface area is 180 Å². The van der Waals surface area contributed by atoms with E-state index in [1.54, 1.807) is 20.0 Å². The molecule has 3 rings (SSSR count). The summed E-state index contributed by atoms with van der Waals surface area (Å²) in [6, 6.07) is 6.67. The van der Waals surface area contributed by atoms with Crippen LogP contribution in [-0.2, 0) is 21.4 Å². The summed E-state index contributed by atoms with van der Waals surface area (Å²) in [5.74, 6) is -0.196. The second-order valence-corrected chi connectivity index (χ2v) is 8.50. The average Bonchev–Trinajstić information content (AvgIpc) is 2.91. The summed E-state index contributed by atoms with van der Waals surface area (Å²) in [6.45, 7) is 7.79. The van der Waals surface area contributed by atoms with Crippen LogP contribution in [0.25, 0.3) is 0 Å². The number of amides is 2. The van der Waals surface area contributed by atoms with E-state index < -0.39 is 23.2 Å². The average molecular weight is 427 g/mol. The van der Waals surface area contributed by atoms with Gasteiger partial charge in [0.05, 0.1) is 23.1 Å². The molecule has 1 aromatic carbocycles. The number of anilines is 1. The molecule has 2 amide bonds. The molecule has 0 aliphatic carbocycles. The molecule has 0 N–H and O–H groups in total. The number of carbonyl (C=O) groups is 2. The van der Waals surface area contributed by atoms with E-state index in [2.05, 4.69) is 9.97 Å². The number of non-ortho nitro benzene ring substituents is 1. The monoisotopic (exact) mass is 427 g/mol. The van der Waals surface area contributed by atoms with Crippen LogP contribution in [0.1, 0.15) is 39.0 Å². The van der Waals surface area contributed by atoms with Crippen molar-refractivity contribution in [3.8, 4) is 0 Å². The van der Waals surface area contributed by atoms with Crippen molar-refractivity contribution in [2.45, 2.75) is 51.8 Å². The van der Waals surface area contributed by atoms with E-state index in [-0.39, 0.29) is 23.6 Å². The topological polar surface area (TPSA) is 119 Å². The number of ether oxygens (including phenoxy) is 1. The maximum absolute atomic E-state index is 12.9. The van der Waals surface area contributed by atoms with Gasteiger partial charge in [0, 0.05) is 30.7 Å². The highest BCUT2D eigenvalue weighted by molar-refractivity contribution is 5.94. The minimum atomic E-state index is -0.870. The lowest BCUT2D eigenvalue weighted by atomic mass is 9.92. The van der Waals surface area contributed by atoms with Crippen LogP contribution in [0.4, 0.5) is 16.3 Å². The summed E-state index contributed by atoms with van der Waals surface area (Å²) in [7, 11) is 1.63. The molecule has 0 saturated carbocycles. The van der Waals surface area contributed by atoms with Gasteiger partial charge in [-0.2, -0.15) is 0 Å². The van der Waals surface area contributed by atoms with Crippen molar-refractivity contribution >= 4 is 23.5 Å². The van der Waals surface area contributed by atoms with Crippen LogP contribution in [0.2, 0.25) is 0 Å². The molecule has 0 radical (unpaired) electrons. The minimum Gasteiger partial charge on any atom is -0.438 e. The number of carbonyl (C=O) groups excluding carboxylic acids is 2. The Morgan fingerprint density at radius 2 is 1.87 bits per heavy atom. The number of urea groups is 1. The van der Waals surface area contributed by atoms with Crippen molar-refractivity contribution < 1.29 is 19.2 Å². The maximum atomic E-state index is 12.9. The second-order valence-electron chi connectivity index (χ2n) is 8.50. The number of esters is 1. The van der Waals surface area contributed by atoms with Crippen LogP contribution in [0, 0.1) is 10.1 Å². The van der Waals surface area contributed by atoms with Gasteiger partial charge in [0.25, 0.3) is 5.69 Å². The number of likely N-dealkylation sites (N-methyl/N-ethyl adjacent to an activating group) is 1. The molecule has 2 aromatic rings. The lowest BCUT2D eigenvalue weighted by Crippen LogP contribution is -2.40. The van der Waals surface area contributed by atoms with Crippen molar-refractivity contribution in [2.75, 3.05) is 11.9 Å². The van der Waals surface area contributed by atoms with Crippen molar-refractivity contribution in [2.24, 2.45) is 0 Å². The van der Waals surface area contributed by atoms with E-state index in [0.717, 1.165) is 5.69 Å². The molecular weight excluding hydrogens is 402 g/mol. The van der Waals surface area contributed by atoms with Gasteiger partial charge >= 0.3 is 12.0 Å². The van der Waals surface area contributed by atoms with Gasteiger partial charge in [0.1, 0.15) is 12.1 Å². The number of hydrogen-bond donors (Lipinski definition) is 0. The summed E-state index contributed by atoms with van der Waals surface area (Å²) in [4.78, 5) is 47.1. The van der Waals surface area contributed by atoms with E-state index >= 15 is 0 Å². The summed E-state index contributed by atoms with van der Waals surface area (Å²) in [6.07, 6.45) is 0.442. The molecule has 0 bridgehead atoms. The maximum Gasteiger partial charge on any atom is 0.328 e. The van der Waals surface area contributed by atoms with Crippen molar-refractivity contribution in [3.05, 3.63) is 58.0 Å². The third-order valence-corrected chi connectivity index (χ3v) is 5.20. The first-order valence-corrected chi connectivity index (χ1v) is 9.80. The molecule has 31 heavy (non-hydrogen) atoms. The van der Waals surface area contributed by atoms with Crippen molar-refractivity contribution in [1.82, 2.24) is 14.9 Å². The standard InChI is InChI=1S/C21H25N5O5/c1-13-19(31-18(27)10-14-6-8-15(9-7-14)26(29)30)25(20(28)24(13)5)17-11-16(21(2,3)4)22-12-23-17/h6-9,11-13,19H,10H2,1-5H3. The predicted octanol–water partition coefficient (Wildman–Crippen LogP) is 3.05. The fraction of sp³-hybridized carbons (Fsp3) is 0.429. The van der Waals surface area contributed by atoms with E-state index in [4.69, 9.17) is 4.74 Å². The van der Waals surface area contributed by atoms with Crippen LogP contribution in [0.5, 0.6) is 0 Å². The summed E-state index contributed by atoms with van der Waals surface area (Å²) < 4.78 is 5.67. The van der Waals surface area contributed by atoms with Crippen molar-refractivity contribution in [3.63, 3.8) is 0 Å². The number of rotatable bonds is 5. The molecule has 1 fully saturated rings. The molecule has 2 atom stereocenters. The normalized spacial score (nSPS) is 18.9. The zero-order valence-corrected chi connectivity index (χ0v) is 18.1. The first-order valence-electron chi connectivity index (χ1n) is 9.80.